The molecule has 0 aliphatic carbocycles. The van der Waals surface area contributed by atoms with E-state index in [0.717, 1.165) is 50.1 Å². The Morgan fingerprint density at radius 3 is 1.51 bits per heavy atom. The van der Waals surface area contributed by atoms with Crippen LogP contribution in [-0.4, -0.2) is 9.13 Å². The molecule has 3 heterocycles. The number of aromatic nitrogens is 2. The van der Waals surface area contributed by atoms with Crippen LogP contribution < -0.4 is 0 Å². The third-order valence-electron chi connectivity index (χ3n) is 10.7. The number of para-hydroxylation sites is 2. The van der Waals surface area contributed by atoms with E-state index in [0.29, 0.717) is 0 Å². The van der Waals surface area contributed by atoms with E-state index in [1.54, 1.807) is 0 Å². The molecule has 0 atom stereocenters. The average molecular weight is 677 g/mol. The number of hydrogen-bond donors (Lipinski definition) is 0. The van der Waals surface area contributed by atoms with Gasteiger partial charge in [-0.25, -0.2) is 0 Å². The molecular formula is C50H32N2O. The molecule has 3 heteroatoms. The molecule has 0 saturated carbocycles. The molecule has 0 amide bonds. The second-order valence-corrected chi connectivity index (χ2v) is 13.8. The Morgan fingerprint density at radius 2 is 0.830 bits per heavy atom. The Balaban J connectivity index is 1.11. The molecule has 0 aliphatic rings. The highest BCUT2D eigenvalue weighted by Crippen LogP contribution is 2.42. The monoisotopic (exact) mass is 676 g/mol. The average Bonchev–Trinajstić information content (AvgIpc) is 3.88. The van der Waals surface area contributed by atoms with Gasteiger partial charge < -0.3 is 8.98 Å². The predicted octanol–water partition coefficient (Wildman–Crippen LogP) is 13.6. The van der Waals surface area contributed by atoms with Gasteiger partial charge in [0.05, 0.1) is 21.9 Å². The summed E-state index contributed by atoms with van der Waals surface area (Å²) in [6.45, 7) is 0. The number of benzene rings is 8. The highest BCUT2D eigenvalue weighted by molar-refractivity contribution is 6.20. The summed E-state index contributed by atoms with van der Waals surface area (Å²) in [5, 5.41) is 5.94. The van der Waals surface area contributed by atoms with Crippen LogP contribution in [0, 0.1) is 0 Å². The van der Waals surface area contributed by atoms with Gasteiger partial charge in [0, 0.05) is 32.9 Å². The van der Waals surface area contributed by atoms with Crippen LogP contribution in [0.15, 0.2) is 199 Å². The van der Waals surface area contributed by atoms with Gasteiger partial charge in [0.25, 0.3) is 0 Å². The summed E-state index contributed by atoms with van der Waals surface area (Å²) in [5.41, 5.74) is 14.6. The van der Waals surface area contributed by atoms with Crippen LogP contribution in [0.1, 0.15) is 0 Å². The third kappa shape index (κ3) is 4.68. The van der Waals surface area contributed by atoms with Crippen molar-refractivity contribution in [3.05, 3.63) is 194 Å². The van der Waals surface area contributed by atoms with E-state index in [9.17, 15) is 0 Å². The Labute approximate surface area is 306 Å². The first-order valence-corrected chi connectivity index (χ1v) is 18.1. The number of furan rings is 1. The molecule has 0 bridgehead atoms. The lowest BCUT2D eigenvalue weighted by Gasteiger charge is -2.12. The normalized spacial score (nSPS) is 11.8. The summed E-state index contributed by atoms with van der Waals surface area (Å²) >= 11 is 0. The van der Waals surface area contributed by atoms with Crippen LogP contribution in [0.25, 0.3) is 99.5 Å². The van der Waals surface area contributed by atoms with Gasteiger partial charge in [-0.05, 0) is 94.0 Å². The minimum absolute atomic E-state index is 0.869. The first-order chi connectivity index (χ1) is 26.3. The minimum atomic E-state index is 0.869. The van der Waals surface area contributed by atoms with Crippen LogP contribution in [0.5, 0.6) is 0 Å². The van der Waals surface area contributed by atoms with E-state index in [-0.39, 0.29) is 0 Å². The maximum Gasteiger partial charge on any atom is 0.213 e. The van der Waals surface area contributed by atoms with Crippen LogP contribution >= 0.6 is 0 Å². The fourth-order valence-electron chi connectivity index (χ4n) is 8.25. The molecule has 248 valence electrons. The SMILES string of the molecule is c1ccc(-c2ccc3c(c2)c2cc(-c4ccccc4)ccc2n3-c2cccc(-c3ccc4c5c6ccccc6oc5n(-c5ccccc5)c4c3)c2)cc1. The van der Waals surface area contributed by atoms with Crippen LogP contribution in [-0.2, 0) is 0 Å². The quantitative estimate of drug-likeness (QED) is 0.178. The second kappa shape index (κ2) is 11.7. The van der Waals surface area contributed by atoms with Crippen molar-refractivity contribution in [3.63, 3.8) is 0 Å². The van der Waals surface area contributed by atoms with Gasteiger partial charge in [-0.1, -0.05) is 133 Å². The van der Waals surface area contributed by atoms with Crippen molar-refractivity contribution in [1.82, 2.24) is 9.13 Å². The Bertz CT molecular complexity index is 3050. The van der Waals surface area contributed by atoms with E-state index in [2.05, 4.69) is 197 Å². The molecule has 0 saturated heterocycles. The zero-order chi connectivity index (χ0) is 34.9. The van der Waals surface area contributed by atoms with E-state index < -0.39 is 0 Å². The van der Waals surface area contributed by atoms with Crippen molar-refractivity contribution < 1.29 is 4.42 Å². The highest BCUT2D eigenvalue weighted by atomic mass is 16.3. The Morgan fingerprint density at radius 1 is 0.302 bits per heavy atom. The fourth-order valence-corrected chi connectivity index (χ4v) is 8.25. The summed E-state index contributed by atoms with van der Waals surface area (Å²) in [7, 11) is 0. The van der Waals surface area contributed by atoms with Crippen molar-refractivity contribution in [2.24, 2.45) is 0 Å². The second-order valence-electron chi connectivity index (χ2n) is 13.8. The summed E-state index contributed by atoms with van der Waals surface area (Å²) in [4.78, 5) is 0. The smallest absolute Gasteiger partial charge is 0.213 e. The van der Waals surface area contributed by atoms with Crippen LogP contribution in [0.2, 0.25) is 0 Å². The van der Waals surface area contributed by atoms with Crippen LogP contribution in [0.4, 0.5) is 0 Å². The van der Waals surface area contributed by atoms with E-state index in [1.807, 2.05) is 6.07 Å². The molecule has 3 aromatic heterocycles. The summed E-state index contributed by atoms with van der Waals surface area (Å²) in [6, 6.07) is 69.7. The van der Waals surface area contributed by atoms with E-state index in [4.69, 9.17) is 4.42 Å². The fraction of sp³-hybridized carbons (Fsp3) is 0. The molecule has 0 radical (unpaired) electrons. The molecule has 11 aromatic rings. The lowest BCUT2D eigenvalue weighted by atomic mass is 10.0. The summed E-state index contributed by atoms with van der Waals surface area (Å²) in [6.07, 6.45) is 0. The van der Waals surface area contributed by atoms with Gasteiger partial charge in [0.2, 0.25) is 5.71 Å². The maximum absolute atomic E-state index is 6.55. The van der Waals surface area contributed by atoms with E-state index >= 15 is 0 Å². The zero-order valence-electron chi connectivity index (χ0n) is 28.8. The molecule has 0 N–H and O–H groups in total. The lowest BCUT2D eigenvalue weighted by Crippen LogP contribution is -1.95. The molecule has 0 unspecified atom stereocenters. The highest BCUT2D eigenvalue weighted by Gasteiger charge is 2.20. The van der Waals surface area contributed by atoms with E-state index in [1.165, 1.54) is 49.4 Å². The van der Waals surface area contributed by atoms with Gasteiger partial charge in [-0.15, -0.1) is 0 Å². The molecule has 0 spiro atoms. The van der Waals surface area contributed by atoms with Crippen molar-refractivity contribution in [1.29, 1.82) is 0 Å². The van der Waals surface area contributed by atoms with Crippen molar-refractivity contribution in [3.8, 4) is 44.8 Å². The standard InChI is InChI=1S/C50H32N2O/c1-4-13-33(14-5-1)36-24-27-45-43(30-36)44-31-37(34-15-6-2-7-16-34)25-28-46(44)51(45)40-20-12-17-35(29-40)38-23-26-41-47(32-38)52(39-18-8-3-9-19-39)50-49(41)42-21-10-11-22-48(42)53-50/h1-32H. The molecule has 0 aliphatic heterocycles. The number of nitrogens with zero attached hydrogens (tertiary/aromatic N) is 2. The van der Waals surface area contributed by atoms with Gasteiger partial charge >= 0.3 is 0 Å². The summed E-state index contributed by atoms with van der Waals surface area (Å²) in [5.74, 6) is 0. The molecule has 3 nitrogen and oxygen atoms in total. The third-order valence-corrected chi connectivity index (χ3v) is 10.7. The first-order valence-electron chi connectivity index (χ1n) is 18.1. The summed E-state index contributed by atoms with van der Waals surface area (Å²) < 4.78 is 11.2. The largest absolute Gasteiger partial charge is 0.439 e. The van der Waals surface area contributed by atoms with Crippen molar-refractivity contribution in [2.45, 2.75) is 0 Å². The molecular weight excluding hydrogens is 645 g/mol. The number of fused-ring (bicyclic) bond motifs is 8. The minimum Gasteiger partial charge on any atom is -0.439 e. The van der Waals surface area contributed by atoms with Gasteiger partial charge in [-0.2, -0.15) is 0 Å². The number of rotatable bonds is 5. The first kappa shape index (κ1) is 29.6. The van der Waals surface area contributed by atoms with Gasteiger partial charge in [0.15, 0.2) is 0 Å². The van der Waals surface area contributed by atoms with Crippen molar-refractivity contribution in [2.75, 3.05) is 0 Å². The van der Waals surface area contributed by atoms with Gasteiger partial charge in [0.1, 0.15) is 5.58 Å². The number of hydrogen-bond acceptors (Lipinski definition) is 1. The Kier molecular flexibility index (Phi) is 6.55. The molecule has 11 rings (SSSR count). The molecule has 8 aromatic carbocycles. The molecule has 53 heavy (non-hydrogen) atoms. The topological polar surface area (TPSA) is 23.0 Å². The predicted molar refractivity (Wildman–Crippen MR) is 221 cm³/mol. The zero-order valence-corrected chi connectivity index (χ0v) is 28.8. The lowest BCUT2D eigenvalue weighted by molar-refractivity contribution is 0.645. The van der Waals surface area contributed by atoms with Gasteiger partial charge in [-0.3, -0.25) is 4.57 Å². The van der Waals surface area contributed by atoms with Crippen LogP contribution in [0.3, 0.4) is 0 Å². The maximum atomic E-state index is 6.55. The Hall–Kier alpha value is -7.10. The van der Waals surface area contributed by atoms with Crippen molar-refractivity contribution >= 4 is 54.8 Å². The molecule has 0 fully saturated rings.